The first-order valence-electron chi connectivity index (χ1n) is 10.3. The molecule has 0 bridgehead atoms. The lowest BCUT2D eigenvalue weighted by molar-refractivity contribution is -0.151. The molecule has 30 heavy (non-hydrogen) atoms. The van der Waals surface area contributed by atoms with Crippen LogP contribution in [0.1, 0.15) is 44.4 Å². The smallest absolute Gasteiger partial charge is 0.331 e. The number of benzene rings is 1. The van der Waals surface area contributed by atoms with Crippen molar-refractivity contribution in [1.29, 1.82) is 0 Å². The van der Waals surface area contributed by atoms with Crippen LogP contribution in [-0.4, -0.2) is 40.5 Å². The zero-order valence-electron chi connectivity index (χ0n) is 17.5. The molecule has 1 saturated heterocycles. The van der Waals surface area contributed by atoms with E-state index in [1.807, 2.05) is 61.2 Å². The van der Waals surface area contributed by atoms with Crippen LogP contribution in [-0.2, 0) is 20.9 Å². The lowest BCUT2D eigenvalue weighted by Gasteiger charge is -2.38. The Hall–Kier alpha value is -3.15. The Morgan fingerprint density at radius 1 is 1.10 bits per heavy atom. The molecule has 2 atom stereocenters. The van der Waals surface area contributed by atoms with Crippen molar-refractivity contribution in [2.45, 2.75) is 51.8 Å². The standard InChI is InChI=1S/C24H28N2O4/c1-18-6-5-7-19(2)26(18)23(27)17-30-24(28)14-11-20-9-12-22(13-10-20)29-16-21-8-3-4-15-25-21/h3-4,8-15,18-19H,5-7,16-17H2,1-2H3/b14-11+. The number of piperidine rings is 1. The Balaban J connectivity index is 1.44. The molecule has 0 radical (unpaired) electrons. The van der Waals surface area contributed by atoms with Crippen LogP contribution in [0.25, 0.3) is 6.08 Å². The first-order chi connectivity index (χ1) is 14.5. The van der Waals surface area contributed by atoms with E-state index in [-0.39, 0.29) is 24.6 Å². The summed E-state index contributed by atoms with van der Waals surface area (Å²) >= 11 is 0. The van der Waals surface area contributed by atoms with E-state index in [4.69, 9.17) is 9.47 Å². The van der Waals surface area contributed by atoms with Crippen molar-refractivity contribution in [2.75, 3.05) is 6.61 Å². The number of likely N-dealkylation sites (tertiary alicyclic amines) is 1. The van der Waals surface area contributed by atoms with Crippen molar-refractivity contribution in [1.82, 2.24) is 9.88 Å². The molecule has 0 saturated carbocycles. The molecule has 1 aromatic heterocycles. The van der Waals surface area contributed by atoms with Crippen molar-refractivity contribution in [3.05, 3.63) is 66.0 Å². The number of ether oxygens (including phenoxy) is 2. The Kier molecular flexibility index (Phi) is 7.60. The van der Waals surface area contributed by atoms with Gasteiger partial charge in [-0.15, -0.1) is 0 Å². The van der Waals surface area contributed by atoms with Crippen molar-refractivity contribution in [3.63, 3.8) is 0 Å². The van der Waals surface area contributed by atoms with Crippen LogP contribution < -0.4 is 4.74 Å². The third kappa shape index (κ3) is 6.17. The second-order valence-electron chi connectivity index (χ2n) is 7.55. The number of esters is 1. The fourth-order valence-electron chi connectivity index (χ4n) is 3.65. The van der Waals surface area contributed by atoms with E-state index in [1.54, 1.807) is 12.3 Å². The van der Waals surface area contributed by atoms with Crippen molar-refractivity contribution >= 4 is 18.0 Å². The van der Waals surface area contributed by atoms with Crippen LogP contribution >= 0.6 is 0 Å². The van der Waals surface area contributed by atoms with E-state index in [9.17, 15) is 9.59 Å². The zero-order chi connectivity index (χ0) is 21.3. The molecule has 1 fully saturated rings. The maximum Gasteiger partial charge on any atom is 0.331 e. The molecule has 1 aliphatic heterocycles. The average molecular weight is 408 g/mol. The number of carbonyl (C=O) groups excluding carboxylic acids is 2. The summed E-state index contributed by atoms with van der Waals surface area (Å²) in [6.45, 7) is 4.25. The van der Waals surface area contributed by atoms with Gasteiger partial charge < -0.3 is 14.4 Å². The summed E-state index contributed by atoms with van der Waals surface area (Å²) in [5.41, 5.74) is 1.69. The molecule has 3 rings (SSSR count). The SMILES string of the molecule is CC1CCCC(C)N1C(=O)COC(=O)/C=C/c1ccc(OCc2ccccn2)cc1. The van der Waals surface area contributed by atoms with Gasteiger partial charge in [-0.2, -0.15) is 0 Å². The molecule has 0 N–H and O–H groups in total. The summed E-state index contributed by atoms with van der Waals surface area (Å²) in [7, 11) is 0. The van der Waals surface area contributed by atoms with Crippen molar-refractivity contribution in [2.24, 2.45) is 0 Å². The highest BCUT2D eigenvalue weighted by molar-refractivity contribution is 5.89. The second-order valence-corrected chi connectivity index (χ2v) is 7.55. The topological polar surface area (TPSA) is 68.7 Å². The minimum atomic E-state index is -0.531. The minimum absolute atomic E-state index is 0.133. The molecule has 2 unspecified atom stereocenters. The second kappa shape index (κ2) is 10.6. The highest BCUT2D eigenvalue weighted by atomic mass is 16.5. The highest BCUT2D eigenvalue weighted by Crippen LogP contribution is 2.22. The first-order valence-corrected chi connectivity index (χ1v) is 10.3. The summed E-state index contributed by atoms with van der Waals surface area (Å²) in [5, 5.41) is 0. The summed E-state index contributed by atoms with van der Waals surface area (Å²) < 4.78 is 10.8. The van der Waals surface area contributed by atoms with Gasteiger partial charge in [-0.25, -0.2) is 4.79 Å². The van der Waals surface area contributed by atoms with E-state index in [1.165, 1.54) is 6.08 Å². The molecular formula is C24H28N2O4. The van der Waals surface area contributed by atoms with Gasteiger partial charge in [0.25, 0.3) is 5.91 Å². The zero-order valence-corrected chi connectivity index (χ0v) is 17.5. The average Bonchev–Trinajstić information content (AvgIpc) is 2.76. The van der Waals surface area contributed by atoms with Crippen LogP contribution in [0.3, 0.4) is 0 Å². The molecular weight excluding hydrogens is 380 g/mol. The molecule has 0 spiro atoms. The quantitative estimate of drug-likeness (QED) is 0.512. The number of carbonyl (C=O) groups is 2. The molecule has 2 heterocycles. The van der Waals surface area contributed by atoms with Gasteiger partial charge in [-0.3, -0.25) is 9.78 Å². The highest BCUT2D eigenvalue weighted by Gasteiger charge is 2.29. The van der Waals surface area contributed by atoms with Gasteiger partial charge in [0.2, 0.25) is 0 Å². The van der Waals surface area contributed by atoms with Crippen LogP contribution in [0.15, 0.2) is 54.7 Å². The van der Waals surface area contributed by atoms with E-state index >= 15 is 0 Å². The molecule has 1 amide bonds. The maximum atomic E-state index is 12.4. The van der Waals surface area contributed by atoms with E-state index in [0.29, 0.717) is 6.61 Å². The lowest BCUT2D eigenvalue weighted by Crippen LogP contribution is -2.49. The van der Waals surface area contributed by atoms with Crippen LogP contribution in [0.5, 0.6) is 5.75 Å². The van der Waals surface area contributed by atoms with Crippen molar-refractivity contribution < 1.29 is 19.1 Å². The number of hydrogen-bond donors (Lipinski definition) is 0. The Morgan fingerprint density at radius 2 is 1.83 bits per heavy atom. The van der Waals surface area contributed by atoms with Crippen LogP contribution in [0, 0.1) is 0 Å². The van der Waals surface area contributed by atoms with Crippen LogP contribution in [0.4, 0.5) is 0 Å². The van der Waals surface area contributed by atoms with Gasteiger partial charge in [0.15, 0.2) is 6.61 Å². The van der Waals surface area contributed by atoms with Gasteiger partial charge >= 0.3 is 5.97 Å². The van der Waals surface area contributed by atoms with Gasteiger partial charge in [-0.1, -0.05) is 18.2 Å². The largest absolute Gasteiger partial charge is 0.487 e. The van der Waals surface area contributed by atoms with Crippen molar-refractivity contribution in [3.8, 4) is 5.75 Å². The molecule has 1 aliphatic rings. The molecule has 1 aromatic carbocycles. The molecule has 6 heteroatoms. The number of amides is 1. The molecule has 0 aliphatic carbocycles. The predicted octanol–water partition coefficient (Wildman–Crippen LogP) is 4.01. The molecule has 2 aromatic rings. The number of aromatic nitrogens is 1. The predicted molar refractivity (Wildman–Crippen MR) is 115 cm³/mol. The van der Waals surface area contributed by atoms with Gasteiger partial charge in [0.1, 0.15) is 12.4 Å². The van der Waals surface area contributed by atoms with Gasteiger partial charge in [-0.05, 0) is 69.0 Å². The van der Waals surface area contributed by atoms with E-state index in [0.717, 1.165) is 36.3 Å². The lowest BCUT2D eigenvalue weighted by atomic mass is 9.97. The molecule has 158 valence electrons. The Morgan fingerprint density at radius 3 is 2.50 bits per heavy atom. The first kappa shape index (κ1) is 21.6. The maximum absolute atomic E-state index is 12.4. The fourth-order valence-corrected chi connectivity index (χ4v) is 3.65. The Bertz CT molecular complexity index is 855. The minimum Gasteiger partial charge on any atom is -0.487 e. The summed E-state index contributed by atoms with van der Waals surface area (Å²) in [5.74, 6) is 0.0535. The van der Waals surface area contributed by atoms with Gasteiger partial charge in [0, 0.05) is 24.4 Å². The summed E-state index contributed by atoms with van der Waals surface area (Å²) in [6.07, 6.45) is 7.83. The normalized spacial score (nSPS) is 18.9. The summed E-state index contributed by atoms with van der Waals surface area (Å²) in [4.78, 5) is 30.4. The molecule has 6 nitrogen and oxygen atoms in total. The number of hydrogen-bond acceptors (Lipinski definition) is 5. The van der Waals surface area contributed by atoms with Crippen LogP contribution in [0.2, 0.25) is 0 Å². The number of rotatable bonds is 7. The van der Waals surface area contributed by atoms with Gasteiger partial charge in [0.05, 0.1) is 5.69 Å². The summed E-state index contributed by atoms with van der Waals surface area (Å²) in [6, 6.07) is 13.4. The third-order valence-electron chi connectivity index (χ3n) is 5.22. The number of pyridine rings is 1. The van der Waals surface area contributed by atoms with E-state index < -0.39 is 5.97 Å². The third-order valence-corrected chi connectivity index (χ3v) is 5.22. The van der Waals surface area contributed by atoms with E-state index in [2.05, 4.69) is 4.98 Å². The number of nitrogens with zero attached hydrogens (tertiary/aromatic N) is 2. The monoisotopic (exact) mass is 408 g/mol. The fraction of sp³-hybridized carbons (Fsp3) is 0.375. The Labute approximate surface area is 177 Å².